The molecule has 0 amide bonds. The Balaban J connectivity index is 2.27. The average molecular weight is 211 g/mol. The Morgan fingerprint density at radius 2 is 2.20 bits per heavy atom. The van der Waals surface area contributed by atoms with Crippen molar-refractivity contribution in [1.82, 2.24) is 4.90 Å². The van der Waals surface area contributed by atoms with Crippen molar-refractivity contribution in [3.05, 3.63) is 12.2 Å². The first-order valence-electron chi connectivity index (χ1n) is 5.73. The van der Waals surface area contributed by atoms with Crippen LogP contribution in [0.1, 0.15) is 33.1 Å². The number of rotatable bonds is 7. The minimum Gasteiger partial charge on any atom is -0.478 e. The molecule has 3 nitrogen and oxygen atoms in total. The van der Waals surface area contributed by atoms with Crippen LogP contribution in [0.15, 0.2) is 12.2 Å². The number of nitrogens with zero attached hydrogens (tertiary/aromatic N) is 1. The standard InChI is InChI=1S/C12H21NO2/c1-10(2)7-9-13(11-5-6-11)8-3-4-12(14)15/h3-4,10-11H,5-9H2,1-2H3,(H,14,15)/b4-3+. The average Bonchev–Trinajstić information content (AvgIpc) is 2.93. The van der Waals surface area contributed by atoms with E-state index in [1.54, 1.807) is 6.08 Å². The number of carbonyl (C=O) groups is 1. The van der Waals surface area contributed by atoms with Gasteiger partial charge in [0.2, 0.25) is 0 Å². The van der Waals surface area contributed by atoms with Crippen LogP contribution >= 0.6 is 0 Å². The molecule has 0 radical (unpaired) electrons. The van der Waals surface area contributed by atoms with Gasteiger partial charge in [0.25, 0.3) is 0 Å². The minimum atomic E-state index is -0.852. The third kappa shape index (κ3) is 5.57. The molecule has 0 aromatic heterocycles. The quantitative estimate of drug-likeness (QED) is 0.656. The predicted molar refractivity (Wildman–Crippen MR) is 60.8 cm³/mol. The number of aliphatic carboxylic acids is 1. The van der Waals surface area contributed by atoms with Gasteiger partial charge in [0, 0.05) is 18.7 Å². The summed E-state index contributed by atoms with van der Waals surface area (Å²) in [6.45, 7) is 6.31. The van der Waals surface area contributed by atoms with Crippen molar-refractivity contribution in [3.63, 3.8) is 0 Å². The van der Waals surface area contributed by atoms with E-state index in [4.69, 9.17) is 5.11 Å². The summed E-state index contributed by atoms with van der Waals surface area (Å²) in [7, 11) is 0. The Hall–Kier alpha value is -0.830. The van der Waals surface area contributed by atoms with Gasteiger partial charge in [-0.15, -0.1) is 0 Å². The summed E-state index contributed by atoms with van der Waals surface area (Å²) >= 11 is 0. The van der Waals surface area contributed by atoms with E-state index in [9.17, 15) is 4.79 Å². The Labute approximate surface area is 91.8 Å². The summed E-state index contributed by atoms with van der Waals surface area (Å²) in [6, 6.07) is 0.710. The van der Waals surface area contributed by atoms with E-state index in [1.165, 1.54) is 25.3 Å². The van der Waals surface area contributed by atoms with E-state index in [-0.39, 0.29) is 0 Å². The number of carboxylic acids is 1. The highest BCUT2D eigenvalue weighted by atomic mass is 16.4. The molecule has 0 spiro atoms. The van der Waals surface area contributed by atoms with E-state index >= 15 is 0 Å². The van der Waals surface area contributed by atoms with Gasteiger partial charge in [0.1, 0.15) is 0 Å². The van der Waals surface area contributed by atoms with Crippen molar-refractivity contribution in [1.29, 1.82) is 0 Å². The van der Waals surface area contributed by atoms with Crippen LogP contribution in [0.3, 0.4) is 0 Å². The topological polar surface area (TPSA) is 40.5 Å². The molecule has 3 heteroatoms. The largest absolute Gasteiger partial charge is 0.478 e. The fourth-order valence-electron chi connectivity index (χ4n) is 1.58. The lowest BCUT2D eigenvalue weighted by Gasteiger charge is -2.20. The number of carboxylic acid groups (broad SMARTS) is 1. The number of hydrogen-bond donors (Lipinski definition) is 1. The monoisotopic (exact) mass is 211 g/mol. The maximum absolute atomic E-state index is 10.3. The third-order valence-corrected chi connectivity index (χ3v) is 2.66. The normalized spacial score (nSPS) is 16.8. The second kappa shape index (κ2) is 5.91. The molecule has 0 aromatic rings. The van der Waals surface area contributed by atoms with Gasteiger partial charge < -0.3 is 5.11 Å². The van der Waals surface area contributed by atoms with Crippen LogP contribution in [0, 0.1) is 5.92 Å². The summed E-state index contributed by atoms with van der Waals surface area (Å²) in [5, 5.41) is 8.49. The zero-order chi connectivity index (χ0) is 11.3. The zero-order valence-electron chi connectivity index (χ0n) is 9.65. The Kier molecular flexibility index (Phi) is 4.82. The van der Waals surface area contributed by atoms with Crippen LogP contribution in [-0.4, -0.2) is 35.1 Å². The fourth-order valence-corrected chi connectivity index (χ4v) is 1.58. The van der Waals surface area contributed by atoms with E-state index < -0.39 is 5.97 Å². The molecule has 0 aromatic carbocycles. The summed E-state index contributed by atoms with van der Waals surface area (Å²) in [5.74, 6) is -0.135. The molecule has 1 aliphatic rings. The van der Waals surface area contributed by atoms with Gasteiger partial charge in [-0.2, -0.15) is 0 Å². The molecule has 0 heterocycles. The molecule has 0 atom stereocenters. The van der Waals surface area contributed by atoms with Gasteiger partial charge in [-0.3, -0.25) is 4.90 Å². The maximum atomic E-state index is 10.3. The van der Waals surface area contributed by atoms with E-state index in [0.717, 1.165) is 19.0 Å². The van der Waals surface area contributed by atoms with Crippen molar-refractivity contribution in [2.75, 3.05) is 13.1 Å². The first kappa shape index (κ1) is 12.2. The van der Waals surface area contributed by atoms with Crippen molar-refractivity contribution >= 4 is 5.97 Å². The molecule has 1 N–H and O–H groups in total. The van der Waals surface area contributed by atoms with Crippen molar-refractivity contribution in [2.45, 2.75) is 39.2 Å². The fraction of sp³-hybridized carbons (Fsp3) is 0.750. The van der Waals surface area contributed by atoms with Crippen LogP contribution in [-0.2, 0) is 4.79 Å². The second-order valence-electron chi connectivity index (χ2n) is 4.65. The first-order chi connectivity index (χ1) is 7.09. The molecular weight excluding hydrogens is 190 g/mol. The molecule has 0 unspecified atom stereocenters. The van der Waals surface area contributed by atoms with Crippen LogP contribution in [0.5, 0.6) is 0 Å². The van der Waals surface area contributed by atoms with Gasteiger partial charge in [-0.05, 0) is 31.7 Å². The first-order valence-corrected chi connectivity index (χ1v) is 5.73. The summed E-state index contributed by atoms with van der Waals surface area (Å²) in [4.78, 5) is 12.7. The number of hydrogen-bond acceptors (Lipinski definition) is 2. The highest BCUT2D eigenvalue weighted by Gasteiger charge is 2.27. The maximum Gasteiger partial charge on any atom is 0.328 e. The molecule has 15 heavy (non-hydrogen) atoms. The van der Waals surface area contributed by atoms with Gasteiger partial charge in [0.05, 0.1) is 0 Å². The molecule has 0 saturated heterocycles. The summed E-state index contributed by atoms with van der Waals surface area (Å²) < 4.78 is 0. The summed E-state index contributed by atoms with van der Waals surface area (Å²) in [6.07, 6.45) is 6.74. The van der Waals surface area contributed by atoms with Gasteiger partial charge in [-0.25, -0.2) is 4.79 Å². The van der Waals surface area contributed by atoms with E-state index in [1.807, 2.05) is 0 Å². The molecule has 0 bridgehead atoms. The summed E-state index contributed by atoms with van der Waals surface area (Å²) in [5.41, 5.74) is 0. The van der Waals surface area contributed by atoms with Crippen LogP contribution < -0.4 is 0 Å². The lowest BCUT2D eigenvalue weighted by Crippen LogP contribution is -2.28. The molecule has 1 saturated carbocycles. The van der Waals surface area contributed by atoms with Crippen molar-refractivity contribution in [3.8, 4) is 0 Å². The predicted octanol–water partition coefficient (Wildman–Crippen LogP) is 2.14. The third-order valence-electron chi connectivity index (χ3n) is 2.66. The van der Waals surface area contributed by atoms with E-state index in [0.29, 0.717) is 6.04 Å². The molecule has 86 valence electrons. The smallest absolute Gasteiger partial charge is 0.328 e. The van der Waals surface area contributed by atoms with Crippen molar-refractivity contribution < 1.29 is 9.90 Å². The Morgan fingerprint density at radius 3 is 2.67 bits per heavy atom. The lowest BCUT2D eigenvalue weighted by atomic mass is 10.1. The van der Waals surface area contributed by atoms with Crippen LogP contribution in [0.25, 0.3) is 0 Å². The molecule has 1 rings (SSSR count). The second-order valence-corrected chi connectivity index (χ2v) is 4.65. The SMILES string of the molecule is CC(C)CCN(C/C=C/C(=O)O)C1CC1. The van der Waals surface area contributed by atoms with Gasteiger partial charge in [-0.1, -0.05) is 19.9 Å². The highest BCUT2D eigenvalue weighted by molar-refractivity contribution is 5.79. The Morgan fingerprint density at radius 1 is 1.53 bits per heavy atom. The molecular formula is C12H21NO2. The molecule has 1 fully saturated rings. The minimum absolute atomic E-state index is 0.710. The Bertz CT molecular complexity index is 232. The van der Waals surface area contributed by atoms with E-state index in [2.05, 4.69) is 18.7 Å². The van der Waals surface area contributed by atoms with Gasteiger partial charge >= 0.3 is 5.97 Å². The van der Waals surface area contributed by atoms with Gasteiger partial charge in [0.15, 0.2) is 0 Å². The van der Waals surface area contributed by atoms with Crippen LogP contribution in [0.2, 0.25) is 0 Å². The molecule has 0 aliphatic heterocycles. The lowest BCUT2D eigenvalue weighted by molar-refractivity contribution is -0.131. The highest BCUT2D eigenvalue weighted by Crippen LogP contribution is 2.27. The molecule has 1 aliphatic carbocycles. The van der Waals surface area contributed by atoms with Crippen LogP contribution in [0.4, 0.5) is 0 Å². The van der Waals surface area contributed by atoms with Crippen molar-refractivity contribution in [2.24, 2.45) is 5.92 Å². The zero-order valence-corrected chi connectivity index (χ0v) is 9.65.